The van der Waals surface area contributed by atoms with Gasteiger partial charge in [-0.25, -0.2) is 9.98 Å². The molecule has 134 valence electrons. The number of halogens is 1. The van der Waals surface area contributed by atoms with E-state index in [4.69, 9.17) is 10.7 Å². The Labute approximate surface area is 162 Å². The molecule has 1 unspecified atom stereocenters. The normalized spacial score (nSPS) is 21.8. The van der Waals surface area contributed by atoms with Crippen LogP contribution in [0, 0.1) is 12.8 Å². The maximum Gasteiger partial charge on any atom is 0.191 e. The van der Waals surface area contributed by atoms with Crippen molar-refractivity contribution in [3.05, 3.63) is 23.4 Å². The van der Waals surface area contributed by atoms with E-state index in [1.54, 1.807) is 0 Å². The van der Waals surface area contributed by atoms with Crippen LogP contribution in [0.5, 0.6) is 0 Å². The molecule has 0 aliphatic carbocycles. The smallest absolute Gasteiger partial charge is 0.191 e. The van der Waals surface area contributed by atoms with Crippen LogP contribution in [0.1, 0.15) is 43.9 Å². The number of nitrogens with zero attached hydrogens (tertiary/aromatic N) is 4. The van der Waals surface area contributed by atoms with E-state index in [1.165, 1.54) is 31.2 Å². The molecule has 6 heteroatoms. The van der Waals surface area contributed by atoms with Gasteiger partial charge in [0.1, 0.15) is 5.82 Å². The molecule has 2 fully saturated rings. The second-order valence-corrected chi connectivity index (χ2v) is 7.00. The molecule has 2 saturated heterocycles. The molecule has 1 aromatic heterocycles. The second-order valence-electron chi connectivity index (χ2n) is 7.00. The van der Waals surface area contributed by atoms with Crippen molar-refractivity contribution in [3.8, 4) is 0 Å². The van der Waals surface area contributed by atoms with Crippen LogP contribution in [-0.2, 0) is 6.54 Å². The molecule has 0 saturated carbocycles. The number of aliphatic imine (C=N–C) groups is 1. The number of guanidine groups is 1. The number of rotatable bonds is 3. The molecule has 0 bridgehead atoms. The molecule has 0 aromatic carbocycles. The van der Waals surface area contributed by atoms with Crippen molar-refractivity contribution in [2.45, 2.75) is 46.1 Å². The molecule has 2 aliphatic heterocycles. The van der Waals surface area contributed by atoms with Crippen LogP contribution < -0.4 is 10.6 Å². The highest BCUT2D eigenvalue weighted by Gasteiger charge is 2.19. The Hall–Kier alpha value is -1.05. The van der Waals surface area contributed by atoms with Gasteiger partial charge in [-0.2, -0.15) is 0 Å². The van der Waals surface area contributed by atoms with Gasteiger partial charge in [-0.3, -0.25) is 0 Å². The lowest BCUT2D eigenvalue weighted by Crippen LogP contribution is -2.43. The zero-order chi connectivity index (χ0) is 16.2. The summed E-state index contributed by atoms with van der Waals surface area (Å²) in [7, 11) is 0. The fourth-order valence-corrected chi connectivity index (χ4v) is 3.56. The third-order valence-corrected chi connectivity index (χ3v) is 4.89. The molecule has 3 rings (SSSR count). The van der Waals surface area contributed by atoms with Crippen molar-refractivity contribution < 1.29 is 0 Å². The summed E-state index contributed by atoms with van der Waals surface area (Å²) in [6.45, 7) is 9.23. The Balaban J connectivity index is 0.00000208. The van der Waals surface area contributed by atoms with E-state index in [9.17, 15) is 0 Å². The minimum atomic E-state index is 0. The summed E-state index contributed by atoms with van der Waals surface area (Å²) in [6.07, 6.45) is 5.02. The number of piperidine rings is 1. The zero-order valence-electron chi connectivity index (χ0n) is 14.9. The van der Waals surface area contributed by atoms with Crippen LogP contribution in [0.4, 0.5) is 5.82 Å². The van der Waals surface area contributed by atoms with E-state index in [2.05, 4.69) is 40.8 Å². The molecule has 1 atom stereocenters. The van der Waals surface area contributed by atoms with Crippen LogP contribution >= 0.6 is 24.0 Å². The Morgan fingerprint density at radius 2 is 2.00 bits per heavy atom. The first-order valence-electron chi connectivity index (χ1n) is 8.90. The van der Waals surface area contributed by atoms with Crippen molar-refractivity contribution in [1.29, 1.82) is 0 Å². The summed E-state index contributed by atoms with van der Waals surface area (Å²) < 4.78 is 0. The van der Waals surface area contributed by atoms with Crippen LogP contribution in [-0.4, -0.2) is 42.0 Å². The molecule has 24 heavy (non-hydrogen) atoms. The number of anilines is 1. The summed E-state index contributed by atoms with van der Waals surface area (Å²) in [5.41, 5.74) is 8.49. The molecule has 1 aromatic rings. The third-order valence-electron chi connectivity index (χ3n) is 4.89. The SMILES string of the molecule is Cc1ccc(CN=C(N)N2CCCC(C)C2)c(N2CCCC2)n1.I. The van der Waals surface area contributed by atoms with Gasteiger partial charge >= 0.3 is 0 Å². The van der Waals surface area contributed by atoms with Gasteiger partial charge in [-0.15, -0.1) is 24.0 Å². The number of nitrogens with two attached hydrogens (primary N) is 1. The highest BCUT2D eigenvalue weighted by Crippen LogP contribution is 2.24. The fourth-order valence-electron chi connectivity index (χ4n) is 3.56. The molecular formula is C18H30IN5. The van der Waals surface area contributed by atoms with Gasteiger partial charge in [0.05, 0.1) is 6.54 Å². The topological polar surface area (TPSA) is 57.8 Å². The Morgan fingerprint density at radius 1 is 1.25 bits per heavy atom. The second kappa shape index (κ2) is 8.87. The summed E-state index contributed by atoms with van der Waals surface area (Å²) in [5, 5.41) is 0. The lowest BCUT2D eigenvalue weighted by molar-refractivity contribution is 0.270. The first-order chi connectivity index (χ1) is 11.1. The van der Waals surface area contributed by atoms with Gasteiger partial charge in [-0.1, -0.05) is 13.0 Å². The van der Waals surface area contributed by atoms with Crippen molar-refractivity contribution in [2.75, 3.05) is 31.1 Å². The monoisotopic (exact) mass is 443 g/mol. The number of hydrogen-bond acceptors (Lipinski definition) is 3. The molecule has 2 aliphatic rings. The predicted molar refractivity (Wildman–Crippen MR) is 111 cm³/mol. The molecule has 3 heterocycles. The Kier molecular flexibility index (Phi) is 7.13. The fraction of sp³-hybridized carbons (Fsp3) is 0.667. The van der Waals surface area contributed by atoms with E-state index >= 15 is 0 Å². The average Bonchev–Trinajstić information content (AvgIpc) is 3.07. The number of aryl methyl sites for hydroxylation is 1. The number of likely N-dealkylation sites (tertiary alicyclic amines) is 1. The summed E-state index contributed by atoms with van der Waals surface area (Å²) >= 11 is 0. The first kappa shape index (κ1) is 19.3. The molecule has 0 spiro atoms. The highest BCUT2D eigenvalue weighted by atomic mass is 127. The van der Waals surface area contributed by atoms with Crippen LogP contribution in [0.25, 0.3) is 0 Å². The van der Waals surface area contributed by atoms with Gasteiger partial charge in [-0.05, 0) is 44.6 Å². The Morgan fingerprint density at radius 3 is 2.71 bits per heavy atom. The van der Waals surface area contributed by atoms with E-state index in [0.717, 1.165) is 37.7 Å². The minimum absolute atomic E-state index is 0. The van der Waals surface area contributed by atoms with Crippen LogP contribution in [0.3, 0.4) is 0 Å². The van der Waals surface area contributed by atoms with Crippen LogP contribution in [0.2, 0.25) is 0 Å². The lowest BCUT2D eigenvalue weighted by Gasteiger charge is -2.31. The number of pyridine rings is 1. The van der Waals surface area contributed by atoms with E-state index in [1.807, 2.05) is 0 Å². The number of hydrogen-bond donors (Lipinski definition) is 1. The van der Waals surface area contributed by atoms with E-state index in [-0.39, 0.29) is 24.0 Å². The van der Waals surface area contributed by atoms with Crippen molar-refractivity contribution in [2.24, 2.45) is 16.6 Å². The standard InChI is InChI=1S/C18H29N5.HI/c1-14-6-5-11-23(13-14)18(19)20-12-16-8-7-15(2)21-17(16)22-9-3-4-10-22;/h7-8,14H,3-6,9-13H2,1-2H3,(H2,19,20);1H. The van der Waals surface area contributed by atoms with Gasteiger partial charge in [0.25, 0.3) is 0 Å². The highest BCUT2D eigenvalue weighted by molar-refractivity contribution is 14.0. The van der Waals surface area contributed by atoms with Crippen molar-refractivity contribution >= 4 is 35.8 Å². The van der Waals surface area contributed by atoms with Gasteiger partial charge in [0.15, 0.2) is 5.96 Å². The largest absolute Gasteiger partial charge is 0.370 e. The maximum absolute atomic E-state index is 6.23. The molecular weight excluding hydrogens is 413 g/mol. The summed E-state index contributed by atoms with van der Waals surface area (Å²) in [4.78, 5) is 14.0. The van der Waals surface area contributed by atoms with Gasteiger partial charge in [0, 0.05) is 37.4 Å². The maximum atomic E-state index is 6.23. The number of aromatic nitrogens is 1. The van der Waals surface area contributed by atoms with E-state index < -0.39 is 0 Å². The quantitative estimate of drug-likeness (QED) is 0.443. The molecule has 0 radical (unpaired) electrons. The molecule has 5 nitrogen and oxygen atoms in total. The lowest BCUT2D eigenvalue weighted by atomic mass is 10.0. The summed E-state index contributed by atoms with van der Waals surface area (Å²) in [6, 6.07) is 4.23. The van der Waals surface area contributed by atoms with Crippen LogP contribution in [0.15, 0.2) is 17.1 Å². The Bertz CT molecular complexity index is 569. The summed E-state index contributed by atoms with van der Waals surface area (Å²) in [5.74, 6) is 2.49. The predicted octanol–water partition coefficient (Wildman–Crippen LogP) is 3.15. The van der Waals surface area contributed by atoms with Gasteiger partial charge < -0.3 is 15.5 Å². The molecule has 0 amide bonds. The zero-order valence-corrected chi connectivity index (χ0v) is 17.2. The third kappa shape index (κ3) is 4.74. The van der Waals surface area contributed by atoms with Crippen molar-refractivity contribution in [3.63, 3.8) is 0 Å². The van der Waals surface area contributed by atoms with Crippen molar-refractivity contribution in [1.82, 2.24) is 9.88 Å². The van der Waals surface area contributed by atoms with E-state index in [0.29, 0.717) is 18.4 Å². The minimum Gasteiger partial charge on any atom is -0.370 e. The van der Waals surface area contributed by atoms with Gasteiger partial charge in [0.2, 0.25) is 0 Å². The average molecular weight is 443 g/mol. The molecule has 2 N–H and O–H groups in total. The first-order valence-corrected chi connectivity index (χ1v) is 8.90.